The highest BCUT2D eigenvalue weighted by Crippen LogP contribution is 2.48. The van der Waals surface area contributed by atoms with E-state index in [-0.39, 0.29) is 11.4 Å². The molecule has 0 heterocycles. The number of nitrogens with two attached hydrogens (primary N) is 1. The van der Waals surface area contributed by atoms with Gasteiger partial charge >= 0.3 is 0 Å². The number of hydrogen-bond acceptors (Lipinski definition) is 1. The van der Waals surface area contributed by atoms with E-state index in [1.807, 2.05) is 6.07 Å². The summed E-state index contributed by atoms with van der Waals surface area (Å²) in [5.41, 5.74) is 8.91. The molecular formula is C17H24FN. The van der Waals surface area contributed by atoms with Crippen LogP contribution in [0.1, 0.15) is 50.7 Å². The van der Waals surface area contributed by atoms with Gasteiger partial charge in [-0.15, -0.1) is 0 Å². The van der Waals surface area contributed by atoms with E-state index in [1.165, 1.54) is 24.8 Å². The monoisotopic (exact) mass is 261 g/mol. The summed E-state index contributed by atoms with van der Waals surface area (Å²) < 4.78 is 13.3. The van der Waals surface area contributed by atoms with Crippen LogP contribution in [0.25, 0.3) is 0 Å². The molecule has 0 amide bonds. The first-order valence-corrected chi connectivity index (χ1v) is 7.58. The lowest BCUT2D eigenvalue weighted by molar-refractivity contribution is 0.132. The smallest absolute Gasteiger partial charge is 0.123 e. The number of aryl methyl sites for hydroxylation is 1. The van der Waals surface area contributed by atoms with Crippen molar-refractivity contribution in [2.24, 2.45) is 23.5 Å². The molecule has 0 radical (unpaired) electrons. The van der Waals surface area contributed by atoms with Gasteiger partial charge in [0.05, 0.1) is 0 Å². The highest BCUT2D eigenvalue weighted by atomic mass is 19.1. The van der Waals surface area contributed by atoms with Crippen molar-refractivity contribution in [1.82, 2.24) is 0 Å². The lowest BCUT2D eigenvalue weighted by atomic mass is 9.66. The van der Waals surface area contributed by atoms with Gasteiger partial charge in [-0.25, -0.2) is 4.39 Å². The van der Waals surface area contributed by atoms with Crippen molar-refractivity contribution in [2.75, 3.05) is 0 Å². The highest BCUT2D eigenvalue weighted by Gasteiger charge is 2.43. The van der Waals surface area contributed by atoms with Gasteiger partial charge in [-0.05, 0) is 66.7 Å². The molecule has 2 heteroatoms. The number of rotatable bonds is 1. The molecule has 0 bridgehead atoms. The van der Waals surface area contributed by atoms with E-state index in [4.69, 9.17) is 5.73 Å². The Morgan fingerprint density at radius 3 is 2.74 bits per heavy atom. The Bertz CT molecular complexity index is 484. The molecule has 1 nitrogen and oxygen atoms in total. The molecule has 2 aliphatic carbocycles. The fraction of sp³-hybridized carbons (Fsp3) is 0.647. The van der Waals surface area contributed by atoms with Crippen LogP contribution in [0.4, 0.5) is 4.39 Å². The van der Waals surface area contributed by atoms with Crippen LogP contribution in [-0.2, 0) is 12.0 Å². The third-order valence-electron chi connectivity index (χ3n) is 5.70. The molecular weight excluding hydrogens is 237 g/mol. The van der Waals surface area contributed by atoms with Gasteiger partial charge in [0, 0.05) is 5.54 Å². The van der Waals surface area contributed by atoms with Crippen molar-refractivity contribution in [3.8, 4) is 0 Å². The molecule has 4 unspecified atom stereocenters. The molecule has 2 N–H and O–H groups in total. The summed E-state index contributed by atoms with van der Waals surface area (Å²) in [5.74, 6) is 2.00. The largest absolute Gasteiger partial charge is 0.321 e. The summed E-state index contributed by atoms with van der Waals surface area (Å²) in [7, 11) is 0. The maximum absolute atomic E-state index is 13.3. The van der Waals surface area contributed by atoms with E-state index in [9.17, 15) is 4.39 Å². The lowest BCUT2D eigenvalue weighted by Crippen LogP contribution is -2.45. The summed E-state index contributed by atoms with van der Waals surface area (Å²) in [6.45, 7) is 4.70. The first-order valence-electron chi connectivity index (χ1n) is 7.58. The summed E-state index contributed by atoms with van der Waals surface area (Å²) in [6.07, 6.45) is 5.64. The average Bonchev–Trinajstić information content (AvgIpc) is 2.71. The van der Waals surface area contributed by atoms with Crippen LogP contribution in [0.15, 0.2) is 18.2 Å². The highest BCUT2D eigenvalue weighted by molar-refractivity contribution is 5.39. The average molecular weight is 261 g/mol. The minimum Gasteiger partial charge on any atom is -0.321 e. The van der Waals surface area contributed by atoms with E-state index < -0.39 is 0 Å². The minimum atomic E-state index is -0.211. The second kappa shape index (κ2) is 4.59. The van der Waals surface area contributed by atoms with Crippen molar-refractivity contribution in [3.63, 3.8) is 0 Å². The molecule has 0 spiro atoms. The predicted molar refractivity (Wildman–Crippen MR) is 76.3 cm³/mol. The second-order valence-corrected chi connectivity index (χ2v) is 6.81. The molecule has 4 atom stereocenters. The van der Waals surface area contributed by atoms with Crippen LogP contribution in [0, 0.1) is 23.6 Å². The van der Waals surface area contributed by atoms with Gasteiger partial charge in [0.2, 0.25) is 0 Å². The number of benzene rings is 1. The Hall–Kier alpha value is -0.890. The number of halogens is 1. The molecule has 3 rings (SSSR count). The predicted octanol–water partition coefficient (Wildman–Crippen LogP) is 4.00. The third-order valence-corrected chi connectivity index (χ3v) is 5.70. The van der Waals surface area contributed by atoms with Crippen LogP contribution in [-0.4, -0.2) is 0 Å². The fourth-order valence-corrected chi connectivity index (χ4v) is 4.14. The fourth-order valence-electron chi connectivity index (χ4n) is 4.14. The molecule has 1 aromatic carbocycles. The quantitative estimate of drug-likeness (QED) is 0.812. The molecule has 1 aromatic rings. The van der Waals surface area contributed by atoms with Crippen LogP contribution < -0.4 is 5.73 Å². The van der Waals surface area contributed by atoms with Gasteiger partial charge in [0.1, 0.15) is 5.82 Å². The zero-order chi connectivity index (χ0) is 13.6. The van der Waals surface area contributed by atoms with Crippen molar-refractivity contribution in [1.29, 1.82) is 0 Å². The van der Waals surface area contributed by atoms with Gasteiger partial charge in [0.25, 0.3) is 0 Å². The van der Waals surface area contributed by atoms with Gasteiger partial charge in [-0.1, -0.05) is 26.3 Å². The SMILES string of the molecule is CC1CCC(C2(N)CCc3cc(F)ccc32)CC1C. The Kier molecular flexibility index (Phi) is 3.17. The molecule has 0 saturated heterocycles. The standard InChI is InChI=1S/C17H24FN/c1-11-3-4-14(9-12(11)2)17(19)8-7-13-10-15(18)5-6-16(13)17/h5-6,10-12,14H,3-4,7-9,19H2,1-2H3. The van der Waals surface area contributed by atoms with Gasteiger partial charge in [-0.3, -0.25) is 0 Å². The van der Waals surface area contributed by atoms with E-state index in [0.29, 0.717) is 5.92 Å². The van der Waals surface area contributed by atoms with Crippen molar-refractivity contribution >= 4 is 0 Å². The molecule has 0 aliphatic heterocycles. The van der Waals surface area contributed by atoms with E-state index in [2.05, 4.69) is 13.8 Å². The van der Waals surface area contributed by atoms with E-state index in [1.54, 1.807) is 12.1 Å². The van der Waals surface area contributed by atoms with Crippen LogP contribution in [0.3, 0.4) is 0 Å². The molecule has 19 heavy (non-hydrogen) atoms. The topological polar surface area (TPSA) is 26.0 Å². The van der Waals surface area contributed by atoms with Crippen LogP contribution in [0.5, 0.6) is 0 Å². The Labute approximate surface area is 115 Å². The molecule has 1 saturated carbocycles. The molecule has 104 valence electrons. The zero-order valence-corrected chi connectivity index (χ0v) is 12.0. The Morgan fingerprint density at radius 1 is 1.21 bits per heavy atom. The summed E-state index contributed by atoms with van der Waals surface area (Å²) in [6, 6.07) is 5.18. The number of fused-ring (bicyclic) bond motifs is 1. The molecule has 1 fully saturated rings. The second-order valence-electron chi connectivity index (χ2n) is 6.81. The zero-order valence-electron chi connectivity index (χ0n) is 12.0. The Balaban J connectivity index is 1.90. The van der Waals surface area contributed by atoms with Crippen molar-refractivity contribution < 1.29 is 4.39 Å². The van der Waals surface area contributed by atoms with Gasteiger partial charge in [-0.2, -0.15) is 0 Å². The maximum atomic E-state index is 13.3. The maximum Gasteiger partial charge on any atom is 0.123 e. The van der Waals surface area contributed by atoms with E-state index >= 15 is 0 Å². The van der Waals surface area contributed by atoms with Crippen LogP contribution >= 0.6 is 0 Å². The first-order chi connectivity index (χ1) is 9.00. The molecule has 0 aromatic heterocycles. The van der Waals surface area contributed by atoms with Gasteiger partial charge < -0.3 is 5.73 Å². The van der Waals surface area contributed by atoms with Crippen LogP contribution in [0.2, 0.25) is 0 Å². The summed E-state index contributed by atoms with van der Waals surface area (Å²) in [4.78, 5) is 0. The summed E-state index contributed by atoms with van der Waals surface area (Å²) >= 11 is 0. The van der Waals surface area contributed by atoms with E-state index in [0.717, 1.165) is 30.2 Å². The Morgan fingerprint density at radius 2 is 2.00 bits per heavy atom. The van der Waals surface area contributed by atoms with Gasteiger partial charge in [0.15, 0.2) is 0 Å². The normalized spacial score (nSPS) is 38.2. The number of hydrogen-bond donors (Lipinski definition) is 1. The van der Waals surface area contributed by atoms with Crippen molar-refractivity contribution in [2.45, 2.75) is 51.5 Å². The molecule has 2 aliphatic rings. The summed E-state index contributed by atoms with van der Waals surface area (Å²) in [5, 5.41) is 0. The van der Waals surface area contributed by atoms with Crippen molar-refractivity contribution in [3.05, 3.63) is 35.1 Å². The lowest BCUT2D eigenvalue weighted by Gasteiger charge is -2.42. The minimum absolute atomic E-state index is 0.131. The first kappa shape index (κ1) is 13.1. The third kappa shape index (κ3) is 2.10.